The predicted octanol–water partition coefficient (Wildman–Crippen LogP) is 2.89. The zero-order valence-electron chi connectivity index (χ0n) is 10.9. The van der Waals surface area contributed by atoms with Crippen LogP contribution in [0.4, 0.5) is 0 Å². The zero-order valence-corrected chi connectivity index (χ0v) is 10.9. The average molecular weight is 252 g/mol. The van der Waals surface area contributed by atoms with Crippen molar-refractivity contribution < 1.29 is 19.4 Å². The molecule has 1 aromatic carbocycles. The highest BCUT2D eigenvalue weighted by Crippen LogP contribution is 2.17. The summed E-state index contributed by atoms with van der Waals surface area (Å²) in [6, 6.07) is 6.23. The molecule has 0 saturated heterocycles. The summed E-state index contributed by atoms with van der Waals surface area (Å²) in [5.41, 5.74) is 0. The van der Waals surface area contributed by atoms with E-state index < -0.39 is 6.10 Å². The van der Waals surface area contributed by atoms with E-state index in [1.54, 1.807) is 19.1 Å². The van der Waals surface area contributed by atoms with E-state index >= 15 is 0 Å². The Morgan fingerprint density at radius 1 is 1.28 bits per heavy atom. The first kappa shape index (κ1) is 14.4. The second-order valence-corrected chi connectivity index (χ2v) is 4.13. The molecule has 0 spiro atoms. The SMILES string of the molecule is CCCCCOC(=O)[C@@H](C)Oc1ccc(O)cc1. The lowest BCUT2D eigenvalue weighted by atomic mass is 10.3. The lowest BCUT2D eigenvalue weighted by Gasteiger charge is -2.13. The van der Waals surface area contributed by atoms with Crippen molar-refractivity contribution in [3.05, 3.63) is 24.3 Å². The molecule has 0 aliphatic carbocycles. The van der Waals surface area contributed by atoms with Crippen molar-refractivity contribution in [2.24, 2.45) is 0 Å². The van der Waals surface area contributed by atoms with Crippen LogP contribution in [0.5, 0.6) is 11.5 Å². The molecule has 1 rings (SSSR count). The third kappa shape index (κ3) is 5.08. The predicted molar refractivity (Wildman–Crippen MR) is 68.7 cm³/mol. The molecule has 100 valence electrons. The molecule has 0 bridgehead atoms. The first-order chi connectivity index (χ1) is 8.63. The van der Waals surface area contributed by atoms with Crippen molar-refractivity contribution in [1.82, 2.24) is 0 Å². The molecule has 0 aliphatic rings. The molecular formula is C14H20O4. The highest BCUT2D eigenvalue weighted by Gasteiger charge is 2.15. The number of ether oxygens (including phenoxy) is 2. The number of phenolic OH excluding ortho intramolecular Hbond substituents is 1. The highest BCUT2D eigenvalue weighted by atomic mass is 16.6. The van der Waals surface area contributed by atoms with Crippen LogP contribution in [-0.2, 0) is 9.53 Å². The van der Waals surface area contributed by atoms with Crippen LogP contribution in [0.25, 0.3) is 0 Å². The van der Waals surface area contributed by atoms with Crippen molar-refractivity contribution in [2.45, 2.75) is 39.2 Å². The third-order valence-electron chi connectivity index (χ3n) is 2.47. The van der Waals surface area contributed by atoms with E-state index in [0.29, 0.717) is 12.4 Å². The van der Waals surface area contributed by atoms with Gasteiger partial charge < -0.3 is 14.6 Å². The van der Waals surface area contributed by atoms with E-state index in [9.17, 15) is 4.79 Å². The monoisotopic (exact) mass is 252 g/mol. The minimum absolute atomic E-state index is 0.164. The van der Waals surface area contributed by atoms with E-state index in [1.165, 1.54) is 12.1 Å². The van der Waals surface area contributed by atoms with Crippen molar-refractivity contribution in [3.8, 4) is 11.5 Å². The second-order valence-electron chi connectivity index (χ2n) is 4.13. The smallest absolute Gasteiger partial charge is 0.347 e. The maximum absolute atomic E-state index is 11.6. The van der Waals surface area contributed by atoms with Gasteiger partial charge >= 0.3 is 5.97 Å². The normalized spacial score (nSPS) is 11.9. The van der Waals surface area contributed by atoms with Crippen LogP contribution >= 0.6 is 0 Å². The van der Waals surface area contributed by atoms with Gasteiger partial charge in [0.05, 0.1) is 6.61 Å². The Morgan fingerprint density at radius 3 is 2.56 bits per heavy atom. The van der Waals surface area contributed by atoms with Crippen LogP contribution in [0, 0.1) is 0 Å². The summed E-state index contributed by atoms with van der Waals surface area (Å²) in [5, 5.41) is 9.12. The third-order valence-corrected chi connectivity index (χ3v) is 2.47. The standard InChI is InChI=1S/C14H20O4/c1-3-4-5-10-17-14(16)11(2)18-13-8-6-12(15)7-9-13/h6-9,11,15H,3-5,10H2,1-2H3/t11-/m1/s1. The van der Waals surface area contributed by atoms with Gasteiger partial charge in [0.25, 0.3) is 0 Å². The molecule has 0 unspecified atom stereocenters. The van der Waals surface area contributed by atoms with Crippen LogP contribution < -0.4 is 4.74 Å². The topological polar surface area (TPSA) is 55.8 Å². The highest BCUT2D eigenvalue weighted by molar-refractivity contribution is 5.74. The van der Waals surface area contributed by atoms with Gasteiger partial charge in [0.2, 0.25) is 0 Å². The molecule has 1 N–H and O–H groups in total. The average Bonchev–Trinajstić information content (AvgIpc) is 2.37. The Morgan fingerprint density at radius 2 is 1.94 bits per heavy atom. The Hall–Kier alpha value is -1.71. The van der Waals surface area contributed by atoms with Crippen molar-refractivity contribution in [1.29, 1.82) is 0 Å². The number of esters is 1. The summed E-state index contributed by atoms with van der Waals surface area (Å²) >= 11 is 0. The van der Waals surface area contributed by atoms with Gasteiger partial charge in [-0.05, 0) is 37.6 Å². The molecular weight excluding hydrogens is 232 g/mol. The summed E-state index contributed by atoms with van der Waals surface area (Å²) in [5.74, 6) is 0.335. The number of hydrogen-bond acceptors (Lipinski definition) is 4. The van der Waals surface area contributed by atoms with Gasteiger partial charge in [-0.15, -0.1) is 0 Å². The Kier molecular flexibility index (Phi) is 6.05. The van der Waals surface area contributed by atoms with E-state index in [1.807, 2.05) is 0 Å². The van der Waals surface area contributed by atoms with Crippen molar-refractivity contribution >= 4 is 5.97 Å². The lowest BCUT2D eigenvalue weighted by Crippen LogP contribution is -2.26. The Labute approximate surface area is 108 Å². The van der Waals surface area contributed by atoms with Gasteiger partial charge in [-0.2, -0.15) is 0 Å². The fourth-order valence-corrected chi connectivity index (χ4v) is 1.42. The number of rotatable bonds is 7. The zero-order chi connectivity index (χ0) is 13.4. The van der Waals surface area contributed by atoms with Gasteiger partial charge in [0, 0.05) is 0 Å². The maximum atomic E-state index is 11.6. The minimum atomic E-state index is -0.642. The molecule has 18 heavy (non-hydrogen) atoms. The molecule has 0 aromatic heterocycles. The molecule has 0 aliphatic heterocycles. The van der Waals surface area contributed by atoms with Gasteiger partial charge in [0.1, 0.15) is 11.5 Å². The molecule has 1 aromatic rings. The van der Waals surface area contributed by atoms with Gasteiger partial charge in [0.15, 0.2) is 6.10 Å². The van der Waals surface area contributed by atoms with E-state index in [0.717, 1.165) is 19.3 Å². The molecule has 0 saturated carbocycles. The van der Waals surface area contributed by atoms with Crippen LogP contribution in [0.15, 0.2) is 24.3 Å². The molecule has 0 fully saturated rings. The van der Waals surface area contributed by atoms with Crippen molar-refractivity contribution in [3.63, 3.8) is 0 Å². The largest absolute Gasteiger partial charge is 0.508 e. The quantitative estimate of drug-likeness (QED) is 0.599. The molecule has 0 heterocycles. The van der Waals surface area contributed by atoms with E-state index in [2.05, 4.69) is 6.92 Å². The molecule has 0 amide bonds. The number of phenols is 1. The van der Waals surface area contributed by atoms with Crippen molar-refractivity contribution in [2.75, 3.05) is 6.61 Å². The summed E-state index contributed by atoms with van der Waals surface area (Å²) in [6.07, 6.45) is 2.39. The summed E-state index contributed by atoms with van der Waals surface area (Å²) in [7, 11) is 0. The molecule has 4 nitrogen and oxygen atoms in total. The minimum Gasteiger partial charge on any atom is -0.508 e. The molecule has 4 heteroatoms. The number of unbranched alkanes of at least 4 members (excludes halogenated alkanes) is 2. The van der Waals surface area contributed by atoms with Gasteiger partial charge in [-0.3, -0.25) is 0 Å². The number of benzene rings is 1. The number of carbonyl (C=O) groups is 1. The second kappa shape index (κ2) is 7.58. The van der Waals surface area contributed by atoms with E-state index in [-0.39, 0.29) is 11.7 Å². The first-order valence-corrected chi connectivity index (χ1v) is 6.25. The number of aromatic hydroxyl groups is 1. The lowest BCUT2D eigenvalue weighted by molar-refractivity contribution is -0.151. The van der Waals surface area contributed by atoms with Crippen LogP contribution in [0.3, 0.4) is 0 Å². The molecule has 1 atom stereocenters. The first-order valence-electron chi connectivity index (χ1n) is 6.25. The van der Waals surface area contributed by atoms with Crippen LogP contribution in [0.2, 0.25) is 0 Å². The summed E-state index contributed by atoms with van der Waals surface area (Å²) in [4.78, 5) is 11.6. The maximum Gasteiger partial charge on any atom is 0.347 e. The number of hydrogen-bond donors (Lipinski definition) is 1. The van der Waals surface area contributed by atoms with Crippen LogP contribution in [0.1, 0.15) is 33.1 Å². The fourth-order valence-electron chi connectivity index (χ4n) is 1.42. The van der Waals surface area contributed by atoms with Crippen LogP contribution in [-0.4, -0.2) is 23.8 Å². The number of carbonyl (C=O) groups excluding carboxylic acids is 1. The Balaban J connectivity index is 2.33. The Bertz CT molecular complexity index is 359. The molecule has 0 radical (unpaired) electrons. The van der Waals surface area contributed by atoms with E-state index in [4.69, 9.17) is 14.6 Å². The summed E-state index contributed by atoms with van der Waals surface area (Å²) in [6.45, 7) is 4.18. The van der Waals surface area contributed by atoms with Gasteiger partial charge in [-0.1, -0.05) is 19.8 Å². The summed E-state index contributed by atoms with van der Waals surface area (Å²) < 4.78 is 10.5. The van der Waals surface area contributed by atoms with Gasteiger partial charge in [-0.25, -0.2) is 4.79 Å². The fraction of sp³-hybridized carbons (Fsp3) is 0.500.